The highest BCUT2D eigenvalue weighted by Crippen LogP contribution is 2.24. The number of fused-ring (bicyclic) bond motifs is 1. The van der Waals surface area contributed by atoms with E-state index >= 15 is 0 Å². The van der Waals surface area contributed by atoms with Gasteiger partial charge in [-0.15, -0.1) is 0 Å². The average molecular weight is 345 g/mol. The number of rotatable bonds is 4. The molecular weight excluding hydrogens is 333 g/mol. The van der Waals surface area contributed by atoms with Crippen molar-refractivity contribution in [2.45, 2.75) is 25.4 Å². The van der Waals surface area contributed by atoms with Gasteiger partial charge in [0.1, 0.15) is 0 Å². The van der Waals surface area contributed by atoms with E-state index in [1.165, 1.54) is 0 Å². The maximum absolute atomic E-state index is 12.0. The second kappa shape index (κ2) is 5.95. The van der Waals surface area contributed by atoms with Gasteiger partial charge in [0, 0.05) is 22.9 Å². The summed E-state index contributed by atoms with van der Waals surface area (Å²) in [5.74, 6) is -0.251. The van der Waals surface area contributed by atoms with Crippen LogP contribution in [-0.4, -0.2) is 12.0 Å². The quantitative estimate of drug-likeness (QED) is 0.667. The molecule has 2 aromatic rings. The Kier molecular flexibility index (Phi) is 4.48. The number of carbonyl (C=O) groups excluding carboxylic acids is 1. The van der Waals surface area contributed by atoms with Gasteiger partial charge in [-0.2, -0.15) is 13.2 Å². The van der Waals surface area contributed by atoms with Crippen molar-refractivity contribution in [3.63, 3.8) is 0 Å². The van der Waals surface area contributed by atoms with Crippen molar-refractivity contribution >= 4 is 32.5 Å². The van der Waals surface area contributed by atoms with Crippen molar-refractivity contribution in [3.8, 4) is 0 Å². The van der Waals surface area contributed by atoms with Crippen LogP contribution in [0.4, 0.5) is 13.2 Å². The number of hydrogen-bond acceptors (Lipinski definition) is 1. The van der Waals surface area contributed by atoms with E-state index in [9.17, 15) is 18.0 Å². The Hall–Kier alpha value is -1.36. The number of benzene rings is 2. The van der Waals surface area contributed by atoms with Crippen LogP contribution in [0.2, 0.25) is 0 Å². The van der Waals surface area contributed by atoms with Gasteiger partial charge in [0.15, 0.2) is 5.78 Å². The first-order chi connectivity index (χ1) is 9.35. The lowest BCUT2D eigenvalue weighted by Crippen LogP contribution is -2.08. The Labute approximate surface area is 122 Å². The van der Waals surface area contributed by atoms with Crippen molar-refractivity contribution < 1.29 is 18.0 Å². The largest absolute Gasteiger partial charge is 0.389 e. The van der Waals surface area contributed by atoms with Gasteiger partial charge < -0.3 is 0 Å². The van der Waals surface area contributed by atoms with Gasteiger partial charge in [-0.25, -0.2) is 0 Å². The summed E-state index contributed by atoms with van der Waals surface area (Å²) >= 11 is 3.36. The summed E-state index contributed by atoms with van der Waals surface area (Å²) in [5.41, 5.74) is 0.460. The van der Waals surface area contributed by atoms with E-state index < -0.39 is 12.6 Å². The molecule has 0 aliphatic rings. The maximum atomic E-state index is 12.0. The molecule has 0 saturated carbocycles. The third kappa shape index (κ3) is 4.07. The first-order valence-electron chi connectivity index (χ1n) is 6.14. The van der Waals surface area contributed by atoms with Crippen LogP contribution in [0.15, 0.2) is 40.9 Å². The number of hydrogen-bond donors (Lipinski definition) is 0. The molecule has 0 aromatic heterocycles. The number of Topliss-reactive ketones (excluding diaryl/α,β-unsaturated/α-hetero) is 1. The summed E-state index contributed by atoms with van der Waals surface area (Å²) in [4.78, 5) is 11.9. The van der Waals surface area contributed by atoms with E-state index in [1.807, 2.05) is 18.2 Å². The normalized spacial score (nSPS) is 11.8. The molecule has 0 atom stereocenters. The van der Waals surface area contributed by atoms with E-state index in [4.69, 9.17) is 0 Å². The minimum Gasteiger partial charge on any atom is -0.294 e. The SMILES string of the molecule is O=C(CCCC(F)(F)F)c1ccc2cc(Br)ccc2c1. The van der Waals surface area contributed by atoms with Gasteiger partial charge in [-0.1, -0.05) is 34.1 Å². The second-order valence-corrected chi connectivity index (χ2v) is 5.51. The molecule has 0 aliphatic carbocycles. The fourth-order valence-electron chi connectivity index (χ4n) is 1.98. The van der Waals surface area contributed by atoms with Gasteiger partial charge in [-0.3, -0.25) is 4.79 Å². The van der Waals surface area contributed by atoms with Crippen LogP contribution >= 0.6 is 15.9 Å². The molecule has 2 rings (SSSR count). The molecule has 0 fully saturated rings. The van der Waals surface area contributed by atoms with E-state index in [2.05, 4.69) is 15.9 Å². The van der Waals surface area contributed by atoms with Gasteiger partial charge in [0.2, 0.25) is 0 Å². The van der Waals surface area contributed by atoms with E-state index in [0.717, 1.165) is 15.2 Å². The minimum atomic E-state index is -4.20. The predicted octanol–water partition coefficient (Wildman–Crippen LogP) is 5.52. The molecule has 0 amide bonds. The monoisotopic (exact) mass is 344 g/mol. The smallest absolute Gasteiger partial charge is 0.294 e. The Bertz CT molecular complexity index is 635. The third-order valence-corrected chi connectivity index (χ3v) is 3.48. The van der Waals surface area contributed by atoms with E-state index in [1.54, 1.807) is 18.2 Å². The molecule has 0 heterocycles. The zero-order valence-corrected chi connectivity index (χ0v) is 12.1. The van der Waals surface area contributed by atoms with Crippen LogP contribution in [0.5, 0.6) is 0 Å². The first-order valence-corrected chi connectivity index (χ1v) is 6.94. The summed E-state index contributed by atoms with van der Waals surface area (Å²) in [6.45, 7) is 0. The minimum absolute atomic E-state index is 0.0818. The summed E-state index contributed by atoms with van der Waals surface area (Å²) in [7, 11) is 0. The fourth-order valence-corrected chi connectivity index (χ4v) is 2.36. The summed E-state index contributed by atoms with van der Waals surface area (Å²) < 4.78 is 37.1. The van der Waals surface area contributed by atoms with Crippen molar-refractivity contribution in [2.24, 2.45) is 0 Å². The Balaban J connectivity index is 2.09. The van der Waals surface area contributed by atoms with Crippen LogP contribution in [0, 0.1) is 0 Å². The molecule has 2 aromatic carbocycles. The Morgan fingerprint density at radius 1 is 1.05 bits per heavy atom. The molecule has 0 bridgehead atoms. The average Bonchev–Trinajstić information content (AvgIpc) is 2.36. The lowest BCUT2D eigenvalue weighted by atomic mass is 10.0. The summed E-state index contributed by atoms with van der Waals surface area (Å²) in [6.07, 6.45) is -5.36. The molecular formula is C15H12BrF3O. The highest BCUT2D eigenvalue weighted by atomic mass is 79.9. The van der Waals surface area contributed by atoms with Gasteiger partial charge in [0.25, 0.3) is 0 Å². The van der Waals surface area contributed by atoms with Crippen molar-refractivity contribution in [3.05, 3.63) is 46.4 Å². The fraction of sp³-hybridized carbons (Fsp3) is 0.267. The predicted molar refractivity (Wildman–Crippen MR) is 75.9 cm³/mol. The Morgan fingerprint density at radius 2 is 1.70 bits per heavy atom. The first kappa shape index (κ1) is 15.0. The molecule has 0 saturated heterocycles. The van der Waals surface area contributed by atoms with Crippen LogP contribution in [0.3, 0.4) is 0 Å². The van der Waals surface area contributed by atoms with Gasteiger partial charge >= 0.3 is 6.18 Å². The molecule has 20 heavy (non-hydrogen) atoms. The molecule has 1 nitrogen and oxygen atoms in total. The molecule has 0 unspecified atom stereocenters. The highest BCUT2D eigenvalue weighted by molar-refractivity contribution is 9.10. The van der Waals surface area contributed by atoms with Crippen molar-refractivity contribution in [1.82, 2.24) is 0 Å². The van der Waals surface area contributed by atoms with Crippen LogP contribution in [0.1, 0.15) is 29.6 Å². The lowest BCUT2D eigenvalue weighted by Gasteiger charge is -2.06. The Morgan fingerprint density at radius 3 is 2.40 bits per heavy atom. The van der Waals surface area contributed by atoms with Gasteiger partial charge in [-0.05, 0) is 35.4 Å². The van der Waals surface area contributed by atoms with Crippen LogP contribution < -0.4 is 0 Å². The van der Waals surface area contributed by atoms with Crippen molar-refractivity contribution in [2.75, 3.05) is 0 Å². The number of ketones is 1. The zero-order valence-electron chi connectivity index (χ0n) is 10.5. The molecule has 106 valence electrons. The summed E-state index contributed by atoms with van der Waals surface area (Å²) in [6, 6.07) is 10.8. The third-order valence-electron chi connectivity index (χ3n) is 2.99. The topological polar surface area (TPSA) is 17.1 Å². The van der Waals surface area contributed by atoms with Crippen LogP contribution in [-0.2, 0) is 0 Å². The van der Waals surface area contributed by atoms with E-state index in [0.29, 0.717) is 5.56 Å². The summed E-state index contributed by atoms with van der Waals surface area (Å²) in [5, 5.41) is 1.88. The second-order valence-electron chi connectivity index (χ2n) is 4.60. The number of carbonyl (C=O) groups is 1. The van der Waals surface area contributed by atoms with E-state index in [-0.39, 0.29) is 18.6 Å². The maximum Gasteiger partial charge on any atom is 0.389 e. The van der Waals surface area contributed by atoms with Gasteiger partial charge in [0.05, 0.1) is 0 Å². The molecule has 0 aliphatic heterocycles. The number of halogens is 4. The molecule has 0 radical (unpaired) electrons. The highest BCUT2D eigenvalue weighted by Gasteiger charge is 2.26. The van der Waals surface area contributed by atoms with Crippen LogP contribution in [0.25, 0.3) is 10.8 Å². The lowest BCUT2D eigenvalue weighted by molar-refractivity contribution is -0.135. The van der Waals surface area contributed by atoms with Crippen molar-refractivity contribution in [1.29, 1.82) is 0 Å². The molecule has 0 spiro atoms. The number of alkyl halides is 3. The zero-order chi connectivity index (χ0) is 14.8. The standard InChI is InChI=1S/C15H12BrF3O/c16-13-6-5-10-8-12(4-3-11(10)9-13)14(20)2-1-7-15(17,18)19/h3-6,8-9H,1-2,7H2. The molecule has 0 N–H and O–H groups in total. The molecule has 5 heteroatoms.